The van der Waals surface area contributed by atoms with Gasteiger partial charge in [0.1, 0.15) is 22.4 Å². The van der Waals surface area contributed by atoms with Crippen LogP contribution in [0.25, 0.3) is 116 Å². The van der Waals surface area contributed by atoms with Gasteiger partial charge in [0.15, 0.2) is 23.1 Å². The summed E-state index contributed by atoms with van der Waals surface area (Å²) in [6.45, 7) is 0. The number of rotatable bonds is 4. The van der Waals surface area contributed by atoms with Crippen molar-refractivity contribution < 1.29 is 8.83 Å². The quantitative estimate of drug-likeness (QED) is 0.182. The predicted molar refractivity (Wildman–Crippen MR) is 223 cm³/mol. The molecule has 0 bridgehead atoms. The van der Waals surface area contributed by atoms with Gasteiger partial charge in [-0.3, -0.25) is 0 Å². The van der Waals surface area contributed by atoms with Gasteiger partial charge in [-0.2, -0.15) is 0 Å². The van der Waals surface area contributed by atoms with E-state index in [2.05, 4.69) is 102 Å². The van der Waals surface area contributed by atoms with E-state index in [-0.39, 0.29) is 0 Å². The highest BCUT2D eigenvalue weighted by Gasteiger charge is 2.25. The van der Waals surface area contributed by atoms with Gasteiger partial charge in [-0.1, -0.05) is 121 Å². The Bertz CT molecular complexity index is 3500. The molecule has 0 atom stereocenters. The van der Waals surface area contributed by atoms with E-state index in [0.717, 1.165) is 93.4 Å². The van der Waals surface area contributed by atoms with E-state index in [1.54, 1.807) is 0 Å². The minimum atomic E-state index is 0.525. The summed E-state index contributed by atoms with van der Waals surface area (Å²) in [5, 5.41) is 8.79. The lowest BCUT2D eigenvalue weighted by atomic mass is 10.0. The minimum Gasteiger partial charge on any atom is -0.455 e. The zero-order chi connectivity index (χ0) is 36.0. The van der Waals surface area contributed by atoms with Crippen LogP contribution in [0.3, 0.4) is 0 Å². The topological polar surface area (TPSA) is 69.9 Å². The summed E-state index contributed by atoms with van der Waals surface area (Å²) in [6.07, 6.45) is 0. The van der Waals surface area contributed by atoms with Crippen LogP contribution < -0.4 is 0 Å². The standard InChI is InChI=1S/C49H28N4O2/c1-2-13-29(14-3-1)47-50-48(52-49(51-47)38-21-12-20-35-33-18-7-10-23-42(33)54-45(35)38)37-26-25-36-34-19-8-11-24-43(34)55-46(36)44(37)53-40-22-9-6-17-32(40)39-27-30-15-4-5-16-31(30)28-41(39)53/h1-28H. The molecule has 0 fully saturated rings. The number of para-hydroxylation sites is 4. The molecule has 256 valence electrons. The molecule has 12 rings (SSSR count). The third-order valence-corrected chi connectivity index (χ3v) is 10.8. The summed E-state index contributed by atoms with van der Waals surface area (Å²) in [7, 11) is 0. The van der Waals surface area contributed by atoms with Crippen molar-refractivity contribution in [2.24, 2.45) is 0 Å². The first-order valence-electron chi connectivity index (χ1n) is 18.4. The van der Waals surface area contributed by atoms with Gasteiger partial charge in [0, 0.05) is 43.4 Å². The van der Waals surface area contributed by atoms with E-state index in [9.17, 15) is 0 Å². The summed E-state index contributed by atoms with van der Waals surface area (Å²) >= 11 is 0. The summed E-state index contributed by atoms with van der Waals surface area (Å²) in [5.74, 6) is 1.62. The van der Waals surface area contributed by atoms with E-state index < -0.39 is 0 Å². The maximum Gasteiger partial charge on any atom is 0.167 e. The SMILES string of the molecule is c1ccc(-c2nc(-c3ccc4c(oc5ccccc54)c3-n3c4ccccc4c4cc5ccccc5cc43)nc(-c3cccc4c3oc3ccccc34)n2)cc1. The number of hydrogen-bond donors (Lipinski definition) is 0. The van der Waals surface area contributed by atoms with Crippen LogP contribution in [0.15, 0.2) is 179 Å². The highest BCUT2D eigenvalue weighted by atomic mass is 16.3. The second-order valence-corrected chi connectivity index (χ2v) is 14.0. The van der Waals surface area contributed by atoms with Crippen LogP contribution in [-0.4, -0.2) is 19.5 Å². The summed E-state index contributed by atoms with van der Waals surface area (Å²) in [6, 6.07) is 58.5. The number of aromatic nitrogens is 4. The van der Waals surface area contributed by atoms with Crippen LogP contribution in [0, 0.1) is 0 Å². The van der Waals surface area contributed by atoms with Crippen LogP contribution in [0.2, 0.25) is 0 Å². The molecule has 8 aromatic carbocycles. The summed E-state index contributed by atoms with van der Waals surface area (Å²) in [4.78, 5) is 15.7. The molecule has 6 nitrogen and oxygen atoms in total. The lowest BCUT2D eigenvalue weighted by molar-refractivity contribution is 0.666. The van der Waals surface area contributed by atoms with E-state index in [1.807, 2.05) is 72.8 Å². The van der Waals surface area contributed by atoms with Crippen molar-refractivity contribution in [2.75, 3.05) is 0 Å². The molecule has 12 aromatic rings. The third-order valence-electron chi connectivity index (χ3n) is 10.8. The molecule has 4 heterocycles. The van der Waals surface area contributed by atoms with Gasteiger partial charge in [0.2, 0.25) is 0 Å². The van der Waals surface area contributed by atoms with Crippen molar-refractivity contribution in [1.29, 1.82) is 0 Å². The molecule has 6 heteroatoms. The van der Waals surface area contributed by atoms with Crippen molar-refractivity contribution in [2.45, 2.75) is 0 Å². The maximum atomic E-state index is 6.87. The predicted octanol–water partition coefficient (Wildman–Crippen LogP) is 12.9. The molecule has 0 N–H and O–H groups in total. The van der Waals surface area contributed by atoms with Crippen molar-refractivity contribution in [3.05, 3.63) is 170 Å². The molecule has 0 aliphatic carbocycles. The first-order chi connectivity index (χ1) is 27.3. The highest BCUT2D eigenvalue weighted by molar-refractivity contribution is 6.17. The monoisotopic (exact) mass is 704 g/mol. The van der Waals surface area contributed by atoms with E-state index >= 15 is 0 Å². The van der Waals surface area contributed by atoms with Crippen LogP contribution >= 0.6 is 0 Å². The fourth-order valence-corrected chi connectivity index (χ4v) is 8.33. The molecular formula is C49H28N4O2. The van der Waals surface area contributed by atoms with Gasteiger partial charge in [-0.05, 0) is 59.3 Å². The molecule has 0 spiro atoms. The van der Waals surface area contributed by atoms with E-state index in [4.69, 9.17) is 23.8 Å². The Morgan fingerprint density at radius 1 is 0.364 bits per heavy atom. The Labute approximate surface area is 313 Å². The first-order valence-corrected chi connectivity index (χ1v) is 18.4. The van der Waals surface area contributed by atoms with Crippen molar-refractivity contribution in [3.63, 3.8) is 0 Å². The Morgan fingerprint density at radius 3 is 1.73 bits per heavy atom. The van der Waals surface area contributed by atoms with Gasteiger partial charge >= 0.3 is 0 Å². The molecule has 4 aromatic heterocycles. The lowest BCUT2D eigenvalue weighted by Gasteiger charge is -2.15. The van der Waals surface area contributed by atoms with Crippen molar-refractivity contribution >= 4 is 76.5 Å². The molecule has 0 aliphatic heterocycles. The molecule has 0 unspecified atom stereocenters. The summed E-state index contributed by atoms with van der Waals surface area (Å²) < 4.78 is 15.7. The highest BCUT2D eigenvalue weighted by Crippen LogP contribution is 2.44. The van der Waals surface area contributed by atoms with Crippen molar-refractivity contribution in [1.82, 2.24) is 19.5 Å². The molecule has 0 saturated heterocycles. The normalized spacial score (nSPS) is 12.0. The van der Waals surface area contributed by atoms with Crippen LogP contribution in [-0.2, 0) is 0 Å². The van der Waals surface area contributed by atoms with Crippen LogP contribution in [0.5, 0.6) is 0 Å². The Kier molecular flexibility index (Phi) is 6.24. The summed E-state index contributed by atoms with van der Waals surface area (Å²) in [5.41, 5.74) is 8.64. The number of fused-ring (bicyclic) bond motifs is 10. The first kappa shape index (κ1) is 29.9. The Morgan fingerprint density at radius 2 is 0.945 bits per heavy atom. The lowest BCUT2D eigenvalue weighted by Crippen LogP contribution is -2.04. The minimum absolute atomic E-state index is 0.525. The van der Waals surface area contributed by atoms with Gasteiger partial charge < -0.3 is 13.4 Å². The number of furan rings is 2. The maximum absolute atomic E-state index is 6.87. The number of nitrogens with zero attached hydrogens (tertiary/aromatic N) is 4. The fourth-order valence-electron chi connectivity index (χ4n) is 8.33. The largest absolute Gasteiger partial charge is 0.455 e. The average Bonchev–Trinajstić information content (AvgIpc) is 3.92. The van der Waals surface area contributed by atoms with Gasteiger partial charge in [0.05, 0.1) is 16.6 Å². The number of benzene rings is 8. The Balaban J connectivity index is 1.22. The van der Waals surface area contributed by atoms with E-state index in [1.165, 1.54) is 5.39 Å². The Hall–Kier alpha value is -7.57. The molecule has 0 amide bonds. The smallest absolute Gasteiger partial charge is 0.167 e. The second kappa shape index (κ2) is 11.5. The molecule has 55 heavy (non-hydrogen) atoms. The third kappa shape index (κ3) is 4.46. The van der Waals surface area contributed by atoms with Gasteiger partial charge in [0.25, 0.3) is 0 Å². The molecule has 0 saturated carbocycles. The fraction of sp³-hybridized carbons (Fsp3) is 0. The van der Waals surface area contributed by atoms with Crippen LogP contribution in [0.1, 0.15) is 0 Å². The van der Waals surface area contributed by atoms with Gasteiger partial charge in [-0.25, -0.2) is 15.0 Å². The molecular weight excluding hydrogens is 677 g/mol. The van der Waals surface area contributed by atoms with Crippen molar-refractivity contribution in [3.8, 4) is 39.9 Å². The molecule has 0 aliphatic rings. The molecule has 0 radical (unpaired) electrons. The number of hydrogen-bond acceptors (Lipinski definition) is 5. The average molecular weight is 705 g/mol. The second-order valence-electron chi connectivity index (χ2n) is 14.0. The zero-order valence-electron chi connectivity index (χ0n) is 29.3. The van der Waals surface area contributed by atoms with Crippen LogP contribution in [0.4, 0.5) is 0 Å². The van der Waals surface area contributed by atoms with Gasteiger partial charge in [-0.15, -0.1) is 0 Å². The van der Waals surface area contributed by atoms with E-state index in [0.29, 0.717) is 17.5 Å². The zero-order valence-corrected chi connectivity index (χ0v) is 29.3.